The van der Waals surface area contributed by atoms with Gasteiger partial charge in [0.1, 0.15) is 5.75 Å². The lowest BCUT2D eigenvalue weighted by Crippen LogP contribution is -2.20. The maximum atomic E-state index is 10.7. The fraction of sp³-hybridized carbons (Fsp3) is 0.0588. The van der Waals surface area contributed by atoms with Crippen molar-refractivity contribution in [2.75, 3.05) is 6.61 Å². The van der Waals surface area contributed by atoms with E-state index in [-0.39, 0.29) is 6.61 Å². The molecule has 2 aromatic rings. The first kappa shape index (κ1) is 17.1. The minimum Gasteiger partial charge on any atom is -0.482 e. The lowest BCUT2D eigenvalue weighted by molar-refractivity contribution is -0.119. The molecule has 23 heavy (non-hydrogen) atoms. The molecule has 2 aromatic carbocycles. The molecule has 0 heterocycles. The van der Waals surface area contributed by atoms with Gasteiger partial charge in [-0.25, -0.2) is 0 Å². The van der Waals surface area contributed by atoms with E-state index in [9.17, 15) is 10.1 Å². The largest absolute Gasteiger partial charge is 0.482 e. The van der Waals surface area contributed by atoms with Crippen molar-refractivity contribution in [1.82, 2.24) is 0 Å². The quantitative estimate of drug-likeness (QED) is 0.617. The van der Waals surface area contributed by atoms with Crippen molar-refractivity contribution < 1.29 is 9.53 Å². The standard InChI is InChI=1S/C17H12BrClN2O2/c18-14-4-2-12(3-5-14)13(9-20)7-11-1-6-16(15(19)8-11)23-10-17(21)22/h1-8H,10H2,(H2,21,22)/b13-7+. The summed E-state index contributed by atoms with van der Waals surface area (Å²) >= 11 is 9.47. The lowest BCUT2D eigenvalue weighted by atomic mass is 10.0. The molecule has 0 unspecified atom stereocenters. The van der Waals surface area contributed by atoms with Crippen LogP contribution in [-0.4, -0.2) is 12.5 Å². The SMILES string of the molecule is N#C/C(=C\c1ccc(OCC(N)=O)c(Cl)c1)c1ccc(Br)cc1. The molecule has 0 saturated heterocycles. The Morgan fingerprint density at radius 1 is 1.30 bits per heavy atom. The van der Waals surface area contributed by atoms with Crippen LogP contribution in [0.3, 0.4) is 0 Å². The van der Waals surface area contributed by atoms with E-state index in [2.05, 4.69) is 22.0 Å². The number of primary amides is 1. The highest BCUT2D eigenvalue weighted by Gasteiger charge is 2.06. The monoisotopic (exact) mass is 390 g/mol. The molecular weight excluding hydrogens is 380 g/mol. The topological polar surface area (TPSA) is 76.1 Å². The van der Waals surface area contributed by atoms with E-state index >= 15 is 0 Å². The second-order valence-corrected chi connectivity index (χ2v) is 5.94. The minimum atomic E-state index is -0.577. The van der Waals surface area contributed by atoms with Crippen LogP contribution in [0.25, 0.3) is 11.6 Å². The zero-order valence-corrected chi connectivity index (χ0v) is 14.3. The van der Waals surface area contributed by atoms with Gasteiger partial charge in [0, 0.05) is 4.47 Å². The molecule has 0 saturated carbocycles. The van der Waals surface area contributed by atoms with Crippen molar-refractivity contribution in [2.24, 2.45) is 5.73 Å². The molecule has 0 bridgehead atoms. The number of nitrogens with two attached hydrogens (primary N) is 1. The summed E-state index contributed by atoms with van der Waals surface area (Å²) in [5.74, 6) is -0.211. The Hall–Kier alpha value is -2.29. The number of carbonyl (C=O) groups is 1. The average molecular weight is 392 g/mol. The van der Waals surface area contributed by atoms with Gasteiger partial charge < -0.3 is 10.5 Å². The van der Waals surface area contributed by atoms with Crippen molar-refractivity contribution in [3.63, 3.8) is 0 Å². The smallest absolute Gasteiger partial charge is 0.255 e. The predicted octanol–water partition coefficient (Wildman–Crippen LogP) is 4.03. The highest BCUT2D eigenvalue weighted by molar-refractivity contribution is 9.10. The summed E-state index contributed by atoms with van der Waals surface area (Å²) in [5, 5.41) is 9.68. The highest BCUT2D eigenvalue weighted by atomic mass is 79.9. The Labute approximate surface area is 147 Å². The van der Waals surface area contributed by atoms with Gasteiger partial charge in [-0.3, -0.25) is 4.79 Å². The number of hydrogen-bond donors (Lipinski definition) is 1. The van der Waals surface area contributed by atoms with E-state index < -0.39 is 5.91 Å². The Morgan fingerprint density at radius 3 is 2.57 bits per heavy atom. The fourth-order valence-corrected chi connectivity index (χ4v) is 2.36. The Kier molecular flexibility index (Phi) is 5.80. The molecule has 0 radical (unpaired) electrons. The predicted molar refractivity (Wildman–Crippen MR) is 93.8 cm³/mol. The van der Waals surface area contributed by atoms with Gasteiger partial charge in [-0.05, 0) is 41.5 Å². The van der Waals surface area contributed by atoms with E-state index in [1.54, 1.807) is 24.3 Å². The number of nitriles is 1. The maximum absolute atomic E-state index is 10.7. The van der Waals surface area contributed by atoms with Crippen molar-refractivity contribution in [1.29, 1.82) is 5.26 Å². The molecule has 0 spiro atoms. The number of hydrogen-bond acceptors (Lipinski definition) is 3. The Balaban J connectivity index is 2.27. The molecule has 116 valence electrons. The first-order chi connectivity index (χ1) is 11.0. The number of nitrogens with zero attached hydrogens (tertiary/aromatic N) is 1. The molecule has 0 aliphatic carbocycles. The molecular formula is C17H12BrClN2O2. The van der Waals surface area contributed by atoms with E-state index in [0.717, 1.165) is 15.6 Å². The lowest BCUT2D eigenvalue weighted by Gasteiger charge is -2.07. The molecule has 0 aromatic heterocycles. The summed E-state index contributed by atoms with van der Waals surface area (Å²) in [6.07, 6.45) is 1.73. The van der Waals surface area contributed by atoms with Crippen LogP contribution in [0.15, 0.2) is 46.9 Å². The Bertz CT molecular complexity index is 795. The highest BCUT2D eigenvalue weighted by Crippen LogP contribution is 2.27. The van der Waals surface area contributed by atoms with Crippen molar-refractivity contribution in [3.05, 3.63) is 63.1 Å². The van der Waals surface area contributed by atoms with Gasteiger partial charge in [0.25, 0.3) is 5.91 Å². The summed E-state index contributed by atoms with van der Waals surface area (Å²) in [6, 6.07) is 14.7. The molecule has 4 nitrogen and oxygen atoms in total. The third-order valence-corrected chi connectivity index (χ3v) is 3.74. The second kappa shape index (κ2) is 7.82. The number of rotatable bonds is 5. The van der Waals surface area contributed by atoms with Gasteiger partial charge in [-0.1, -0.05) is 45.7 Å². The summed E-state index contributed by atoms with van der Waals surface area (Å²) in [7, 11) is 0. The van der Waals surface area contributed by atoms with Gasteiger partial charge in [0.2, 0.25) is 0 Å². The summed E-state index contributed by atoms with van der Waals surface area (Å²) in [6.45, 7) is -0.239. The number of benzene rings is 2. The van der Waals surface area contributed by atoms with Crippen LogP contribution in [-0.2, 0) is 4.79 Å². The van der Waals surface area contributed by atoms with Gasteiger partial charge >= 0.3 is 0 Å². The number of allylic oxidation sites excluding steroid dienone is 1. The van der Waals surface area contributed by atoms with Crippen LogP contribution in [0.5, 0.6) is 5.75 Å². The molecule has 6 heteroatoms. The molecule has 0 aliphatic rings. The van der Waals surface area contributed by atoms with E-state index in [0.29, 0.717) is 16.3 Å². The zero-order chi connectivity index (χ0) is 16.8. The third kappa shape index (κ3) is 4.85. The van der Waals surface area contributed by atoms with Crippen molar-refractivity contribution in [2.45, 2.75) is 0 Å². The van der Waals surface area contributed by atoms with Gasteiger partial charge in [-0.15, -0.1) is 0 Å². The van der Waals surface area contributed by atoms with E-state index in [4.69, 9.17) is 22.1 Å². The first-order valence-electron chi connectivity index (χ1n) is 6.58. The summed E-state index contributed by atoms with van der Waals surface area (Å²) in [5.41, 5.74) is 7.09. The normalized spacial score (nSPS) is 10.9. The number of amides is 1. The summed E-state index contributed by atoms with van der Waals surface area (Å²) in [4.78, 5) is 10.7. The van der Waals surface area contributed by atoms with Crippen LogP contribution in [0, 0.1) is 11.3 Å². The molecule has 1 amide bonds. The number of ether oxygens (including phenoxy) is 1. The molecule has 2 rings (SSSR count). The average Bonchev–Trinajstić information content (AvgIpc) is 2.52. The van der Waals surface area contributed by atoms with Gasteiger partial charge in [-0.2, -0.15) is 5.26 Å². The van der Waals surface area contributed by atoms with Crippen LogP contribution >= 0.6 is 27.5 Å². The van der Waals surface area contributed by atoms with E-state index in [1.807, 2.05) is 24.3 Å². The van der Waals surface area contributed by atoms with Crippen LogP contribution in [0.4, 0.5) is 0 Å². The molecule has 2 N–H and O–H groups in total. The number of carbonyl (C=O) groups excluding carboxylic acids is 1. The zero-order valence-electron chi connectivity index (χ0n) is 11.9. The van der Waals surface area contributed by atoms with Crippen molar-refractivity contribution in [3.8, 4) is 11.8 Å². The Morgan fingerprint density at radius 2 is 2.00 bits per heavy atom. The number of halogens is 2. The van der Waals surface area contributed by atoms with Gasteiger partial charge in [0.15, 0.2) is 6.61 Å². The van der Waals surface area contributed by atoms with Crippen LogP contribution < -0.4 is 10.5 Å². The van der Waals surface area contributed by atoms with Crippen LogP contribution in [0.2, 0.25) is 5.02 Å². The van der Waals surface area contributed by atoms with Crippen LogP contribution in [0.1, 0.15) is 11.1 Å². The molecule has 0 aliphatic heterocycles. The van der Waals surface area contributed by atoms with Gasteiger partial charge in [0.05, 0.1) is 16.7 Å². The molecule has 0 fully saturated rings. The first-order valence-corrected chi connectivity index (χ1v) is 7.75. The van der Waals surface area contributed by atoms with E-state index in [1.165, 1.54) is 0 Å². The molecule has 0 atom stereocenters. The van der Waals surface area contributed by atoms with Crippen molar-refractivity contribution >= 4 is 45.1 Å². The summed E-state index contributed by atoms with van der Waals surface area (Å²) < 4.78 is 6.13. The minimum absolute atomic E-state index is 0.239. The fourth-order valence-electron chi connectivity index (χ4n) is 1.85. The maximum Gasteiger partial charge on any atom is 0.255 e. The third-order valence-electron chi connectivity index (χ3n) is 2.91. The second-order valence-electron chi connectivity index (χ2n) is 4.62.